The van der Waals surface area contributed by atoms with Crippen molar-refractivity contribution in [2.24, 2.45) is 5.92 Å². The Morgan fingerprint density at radius 2 is 1.94 bits per heavy atom. The Bertz CT molecular complexity index is 386. The topological polar surface area (TPSA) is 81.1 Å². The third-order valence-electron chi connectivity index (χ3n) is 4.51. The molecule has 0 radical (unpaired) electrons. The first-order chi connectivity index (χ1) is 8.58. The smallest absolute Gasteiger partial charge is 0.320 e. The fourth-order valence-electron chi connectivity index (χ4n) is 3.63. The maximum atomic E-state index is 12.4. The van der Waals surface area contributed by atoms with E-state index in [1.165, 1.54) is 0 Å². The van der Waals surface area contributed by atoms with Gasteiger partial charge < -0.3 is 20.0 Å². The number of hydrogen-bond acceptors (Lipinski definition) is 3. The molecule has 3 aliphatic rings. The van der Waals surface area contributed by atoms with E-state index in [2.05, 4.69) is 0 Å². The standard InChI is InChI=1S/C12H18N2O4/c15-8-3-4-13(6-8)12(18)14-7-1-2-10(14)9(5-7)11(16)17/h7-10,15H,1-6H2,(H,16,17). The summed E-state index contributed by atoms with van der Waals surface area (Å²) in [6, 6.07) is -0.137. The van der Waals surface area contributed by atoms with Gasteiger partial charge in [-0.3, -0.25) is 4.79 Å². The number of urea groups is 1. The van der Waals surface area contributed by atoms with Crippen molar-refractivity contribution in [3.8, 4) is 0 Å². The normalized spacial score (nSPS) is 38.5. The lowest BCUT2D eigenvalue weighted by atomic mass is 9.89. The maximum Gasteiger partial charge on any atom is 0.320 e. The third kappa shape index (κ3) is 1.67. The van der Waals surface area contributed by atoms with E-state index >= 15 is 0 Å². The van der Waals surface area contributed by atoms with Crippen LogP contribution in [0.5, 0.6) is 0 Å². The average molecular weight is 254 g/mol. The molecule has 2 amide bonds. The molecule has 3 aliphatic heterocycles. The van der Waals surface area contributed by atoms with Crippen LogP contribution in [-0.2, 0) is 4.79 Å². The van der Waals surface area contributed by atoms with Crippen LogP contribution >= 0.6 is 0 Å². The fourth-order valence-corrected chi connectivity index (χ4v) is 3.63. The third-order valence-corrected chi connectivity index (χ3v) is 4.51. The largest absolute Gasteiger partial charge is 0.481 e. The molecule has 0 aromatic heterocycles. The zero-order chi connectivity index (χ0) is 12.9. The molecule has 3 fully saturated rings. The molecular weight excluding hydrogens is 236 g/mol. The molecule has 2 bridgehead atoms. The number of rotatable bonds is 1. The molecule has 6 heteroatoms. The minimum atomic E-state index is -0.790. The molecule has 18 heavy (non-hydrogen) atoms. The van der Waals surface area contributed by atoms with Crippen molar-refractivity contribution in [3.63, 3.8) is 0 Å². The van der Waals surface area contributed by atoms with Crippen molar-refractivity contribution in [2.45, 2.75) is 43.9 Å². The summed E-state index contributed by atoms with van der Waals surface area (Å²) in [4.78, 5) is 26.9. The molecule has 3 rings (SSSR count). The molecule has 0 aromatic rings. The number of nitrogens with zero attached hydrogens (tertiary/aromatic N) is 2. The monoisotopic (exact) mass is 254 g/mol. The Morgan fingerprint density at radius 3 is 2.50 bits per heavy atom. The SMILES string of the molecule is O=C(O)C1CC2CCC1N2C(=O)N1CCC(O)C1. The number of carboxylic acids is 1. The lowest BCUT2D eigenvalue weighted by Crippen LogP contribution is -2.46. The van der Waals surface area contributed by atoms with Crippen LogP contribution in [0.1, 0.15) is 25.7 Å². The van der Waals surface area contributed by atoms with Crippen molar-refractivity contribution in [1.82, 2.24) is 9.80 Å². The molecule has 0 aromatic carbocycles. The van der Waals surface area contributed by atoms with Gasteiger partial charge >= 0.3 is 12.0 Å². The van der Waals surface area contributed by atoms with E-state index in [-0.39, 0.29) is 18.1 Å². The molecule has 0 aliphatic carbocycles. The number of fused-ring (bicyclic) bond motifs is 2. The number of hydrogen-bond donors (Lipinski definition) is 2. The number of aliphatic carboxylic acids is 1. The molecule has 3 saturated heterocycles. The zero-order valence-electron chi connectivity index (χ0n) is 10.2. The van der Waals surface area contributed by atoms with Crippen LogP contribution in [0, 0.1) is 5.92 Å². The van der Waals surface area contributed by atoms with Crippen LogP contribution in [-0.4, -0.2) is 63.3 Å². The van der Waals surface area contributed by atoms with Gasteiger partial charge in [-0.15, -0.1) is 0 Å². The number of likely N-dealkylation sites (tertiary alicyclic amines) is 1. The molecular formula is C12H18N2O4. The summed E-state index contributed by atoms with van der Waals surface area (Å²) in [6.45, 7) is 0.959. The van der Waals surface area contributed by atoms with Crippen molar-refractivity contribution in [3.05, 3.63) is 0 Å². The first-order valence-corrected chi connectivity index (χ1v) is 6.56. The van der Waals surface area contributed by atoms with E-state index < -0.39 is 18.0 Å². The molecule has 2 N–H and O–H groups in total. The molecule has 4 atom stereocenters. The van der Waals surface area contributed by atoms with E-state index in [1.807, 2.05) is 0 Å². The fraction of sp³-hybridized carbons (Fsp3) is 0.833. The zero-order valence-corrected chi connectivity index (χ0v) is 10.2. The summed E-state index contributed by atoms with van der Waals surface area (Å²) in [5, 5.41) is 18.6. The number of carboxylic acid groups (broad SMARTS) is 1. The minimum absolute atomic E-state index is 0.0807. The summed E-state index contributed by atoms with van der Waals surface area (Å²) in [6.07, 6.45) is 2.49. The molecule has 3 heterocycles. The van der Waals surface area contributed by atoms with Crippen LogP contribution in [0.15, 0.2) is 0 Å². The highest BCUT2D eigenvalue weighted by Crippen LogP contribution is 2.42. The second-order valence-corrected chi connectivity index (χ2v) is 5.56. The Labute approximate surface area is 105 Å². The minimum Gasteiger partial charge on any atom is -0.481 e. The summed E-state index contributed by atoms with van der Waals surface area (Å²) in [5.74, 6) is -1.19. The lowest BCUT2D eigenvalue weighted by molar-refractivity contribution is -0.142. The van der Waals surface area contributed by atoms with E-state index in [4.69, 9.17) is 5.11 Å². The first-order valence-electron chi connectivity index (χ1n) is 6.56. The number of carbonyl (C=O) groups excluding carboxylic acids is 1. The van der Waals surface area contributed by atoms with Crippen molar-refractivity contribution in [2.75, 3.05) is 13.1 Å². The van der Waals surface area contributed by atoms with E-state index in [9.17, 15) is 14.7 Å². The van der Waals surface area contributed by atoms with E-state index in [0.29, 0.717) is 25.9 Å². The van der Waals surface area contributed by atoms with Crippen LogP contribution in [0.25, 0.3) is 0 Å². The molecule has 100 valence electrons. The van der Waals surface area contributed by atoms with Gasteiger partial charge in [-0.2, -0.15) is 0 Å². The van der Waals surface area contributed by atoms with E-state index in [1.54, 1.807) is 9.80 Å². The van der Waals surface area contributed by atoms with Gasteiger partial charge in [-0.05, 0) is 25.7 Å². The summed E-state index contributed by atoms with van der Waals surface area (Å²) >= 11 is 0. The summed E-state index contributed by atoms with van der Waals surface area (Å²) < 4.78 is 0. The summed E-state index contributed by atoms with van der Waals surface area (Å²) in [5.41, 5.74) is 0. The highest BCUT2D eigenvalue weighted by molar-refractivity contribution is 5.79. The average Bonchev–Trinajstić information content (AvgIpc) is 3.01. The molecule has 0 saturated carbocycles. The van der Waals surface area contributed by atoms with Gasteiger partial charge in [0.1, 0.15) is 0 Å². The number of carbonyl (C=O) groups is 2. The van der Waals surface area contributed by atoms with Crippen molar-refractivity contribution in [1.29, 1.82) is 0 Å². The van der Waals surface area contributed by atoms with Crippen LogP contribution in [0.2, 0.25) is 0 Å². The second-order valence-electron chi connectivity index (χ2n) is 5.56. The second kappa shape index (κ2) is 4.12. The van der Waals surface area contributed by atoms with Crippen molar-refractivity contribution < 1.29 is 19.8 Å². The van der Waals surface area contributed by atoms with Gasteiger partial charge in [0, 0.05) is 25.2 Å². The Morgan fingerprint density at radius 1 is 1.17 bits per heavy atom. The first kappa shape index (κ1) is 11.8. The Hall–Kier alpha value is -1.30. The van der Waals surface area contributed by atoms with Crippen molar-refractivity contribution >= 4 is 12.0 Å². The Kier molecular flexibility index (Phi) is 2.69. The van der Waals surface area contributed by atoms with Gasteiger partial charge in [0.05, 0.1) is 12.0 Å². The van der Waals surface area contributed by atoms with Gasteiger partial charge in [0.15, 0.2) is 0 Å². The number of amides is 2. The maximum absolute atomic E-state index is 12.4. The molecule has 0 spiro atoms. The molecule has 6 nitrogen and oxygen atoms in total. The quantitative estimate of drug-likeness (QED) is 0.696. The highest BCUT2D eigenvalue weighted by Gasteiger charge is 2.52. The predicted molar refractivity (Wildman–Crippen MR) is 62.0 cm³/mol. The predicted octanol–water partition coefficient (Wildman–Crippen LogP) is 0.111. The summed E-state index contributed by atoms with van der Waals surface area (Å²) in [7, 11) is 0. The van der Waals surface area contributed by atoms with Gasteiger partial charge in [-0.25, -0.2) is 4.79 Å². The number of β-amino-alcohol motifs (C(OH)–C–C–N with tert-alkyl or cyclic N) is 1. The lowest BCUT2D eigenvalue weighted by Gasteiger charge is -2.28. The Balaban J connectivity index is 1.73. The van der Waals surface area contributed by atoms with Gasteiger partial charge in [0.25, 0.3) is 0 Å². The molecule has 4 unspecified atom stereocenters. The van der Waals surface area contributed by atoms with Crippen LogP contribution < -0.4 is 0 Å². The van der Waals surface area contributed by atoms with E-state index in [0.717, 1.165) is 12.8 Å². The number of aliphatic hydroxyl groups excluding tert-OH is 1. The van der Waals surface area contributed by atoms with Crippen LogP contribution in [0.4, 0.5) is 4.79 Å². The van der Waals surface area contributed by atoms with Crippen LogP contribution in [0.3, 0.4) is 0 Å². The van der Waals surface area contributed by atoms with Gasteiger partial charge in [-0.1, -0.05) is 0 Å². The highest BCUT2D eigenvalue weighted by atomic mass is 16.4. The van der Waals surface area contributed by atoms with Gasteiger partial charge in [0.2, 0.25) is 0 Å². The number of aliphatic hydroxyl groups is 1.